The van der Waals surface area contributed by atoms with Gasteiger partial charge in [-0.15, -0.1) is 0 Å². The minimum atomic E-state index is -1.30. The van der Waals surface area contributed by atoms with Crippen molar-refractivity contribution in [2.75, 3.05) is 0 Å². The van der Waals surface area contributed by atoms with Crippen molar-refractivity contribution in [2.24, 2.45) is 0 Å². The lowest BCUT2D eigenvalue weighted by atomic mass is 9.91. The first-order chi connectivity index (χ1) is 14.7. The Hall–Kier alpha value is -4.01. The van der Waals surface area contributed by atoms with Crippen molar-refractivity contribution in [3.05, 3.63) is 35.4 Å². The number of cyclic esters (lactones) is 1. The number of rotatable bonds is 3. The Kier molecular flexibility index (Phi) is 4.81. The third-order valence-electron chi connectivity index (χ3n) is 5.05. The van der Waals surface area contributed by atoms with E-state index in [-0.39, 0.29) is 57.0 Å². The smallest absolute Gasteiger partial charge is 0.345 e. The minimum absolute atomic E-state index is 0.0500. The van der Waals surface area contributed by atoms with Crippen LogP contribution in [0.25, 0.3) is 21.5 Å². The van der Waals surface area contributed by atoms with Crippen LogP contribution in [0.2, 0.25) is 0 Å². The quantitative estimate of drug-likeness (QED) is 0.249. The summed E-state index contributed by atoms with van der Waals surface area (Å²) in [6.07, 6.45) is -1.49. The van der Waals surface area contributed by atoms with E-state index in [9.17, 15) is 29.7 Å². The third kappa shape index (κ3) is 3.14. The molecule has 1 aliphatic rings. The maximum Gasteiger partial charge on any atom is 0.345 e. The number of phenols is 3. The fraction of sp³-hybridized carbons (Fsp3) is 0.227. The largest absolute Gasteiger partial charge is 0.507 e. The highest BCUT2D eigenvalue weighted by Gasteiger charge is 2.37. The normalized spacial score (nSPS) is 15.4. The number of aromatic hydroxyl groups is 3. The lowest BCUT2D eigenvalue weighted by Crippen LogP contribution is -2.32. The van der Waals surface area contributed by atoms with Gasteiger partial charge in [0.05, 0.1) is 17.2 Å². The molecule has 3 aromatic rings. The van der Waals surface area contributed by atoms with Crippen LogP contribution in [0.1, 0.15) is 36.2 Å². The van der Waals surface area contributed by atoms with Crippen molar-refractivity contribution in [1.29, 1.82) is 0 Å². The van der Waals surface area contributed by atoms with E-state index in [0.29, 0.717) is 0 Å². The second kappa shape index (κ2) is 7.35. The lowest BCUT2D eigenvalue weighted by Gasteiger charge is -2.27. The number of phenolic OH excluding ortho intramolecular Hbond substituents is 3. The van der Waals surface area contributed by atoms with Gasteiger partial charge in [0.1, 0.15) is 22.8 Å². The van der Waals surface area contributed by atoms with Gasteiger partial charge in [-0.25, -0.2) is 4.79 Å². The zero-order valence-corrected chi connectivity index (χ0v) is 16.6. The summed E-state index contributed by atoms with van der Waals surface area (Å²) in [5.74, 6) is -4.01. The molecule has 0 amide bonds. The van der Waals surface area contributed by atoms with Gasteiger partial charge >= 0.3 is 17.9 Å². The first-order valence-electron chi connectivity index (χ1n) is 9.47. The van der Waals surface area contributed by atoms with Crippen molar-refractivity contribution in [3.8, 4) is 23.0 Å². The van der Waals surface area contributed by atoms with Crippen LogP contribution in [-0.2, 0) is 25.5 Å². The van der Waals surface area contributed by atoms with Gasteiger partial charge < -0.3 is 29.5 Å². The molecule has 1 atom stereocenters. The molecule has 0 aliphatic carbocycles. The van der Waals surface area contributed by atoms with Crippen molar-refractivity contribution in [2.45, 2.75) is 33.0 Å². The average Bonchev–Trinajstić information content (AvgIpc) is 2.73. The molecule has 1 aliphatic heterocycles. The Morgan fingerprint density at radius 2 is 1.74 bits per heavy atom. The minimum Gasteiger partial charge on any atom is -0.507 e. The molecule has 1 unspecified atom stereocenters. The lowest BCUT2D eigenvalue weighted by molar-refractivity contribution is -0.168. The van der Waals surface area contributed by atoms with Crippen LogP contribution in [0.3, 0.4) is 0 Å². The van der Waals surface area contributed by atoms with Crippen LogP contribution < -0.4 is 4.74 Å². The Morgan fingerprint density at radius 1 is 1.06 bits per heavy atom. The Balaban J connectivity index is 2.07. The fourth-order valence-electron chi connectivity index (χ4n) is 3.73. The maximum atomic E-state index is 12.6. The van der Waals surface area contributed by atoms with Crippen LogP contribution in [0, 0.1) is 0 Å². The standard InChI is InChI=1S/C22H18O9/c1-3-13(24)30-14-8-12-15(22(28)31-14)20(27)17-16(19(12)26)18(25)10-6-4-5-7-11(10)21(17)29-9(2)23/h4-7,14,25-27H,3,8H2,1-2H3. The van der Waals surface area contributed by atoms with E-state index < -0.39 is 35.7 Å². The topological polar surface area (TPSA) is 140 Å². The number of carbonyl (C=O) groups excluding carboxylic acids is 3. The molecular weight excluding hydrogens is 408 g/mol. The van der Waals surface area contributed by atoms with E-state index in [1.165, 1.54) is 0 Å². The molecule has 0 saturated carbocycles. The second-order valence-corrected chi connectivity index (χ2v) is 7.00. The van der Waals surface area contributed by atoms with Crippen molar-refractivity contribution < 1.29 is 43.9 Å². The zero-order chi connectivity index (χ0) is 22.4. The summed E-state index contributed by atoms with van der Waals surface area (Å²) in [7, 11) is 0. The van der Waals surface area contributed by atoms with Crippen LogP contribution in [0.4, 0.5) is 0 Å². The molecule has 31 heavy (non-hydrogen) atoms. The van der Waals surface area contributed by atoms with Gasteiger partial charge in [0.2, 0.25) is 0 Å². The van der Waals surface area contributed by atoms with E-state index in [1.54, 1.807) is 31.2 Å². The van der Waals surface area contributed by atoms with Gasteiger partial charge in [0, 0.05) is 29.7 Å². The molecule has 1 heterocycles. The molecule has 0 bridgehead atoms. The molecule has 0 fully saturated rings. The van der Waals surface area contributed by atoms with Crippen molar-refractivity contribution >= 4 is 39.5 Å². The maximum absolute atomic E-state index is 12.6. The number of hydrogen-bond donors (Lipinski definition) is 3. The number of esters is 3. The summed E-state index contributed by atoms with van der Waals surface area (Å²) >= 11 is 0. The number of fused-ring (bicyclic) bond motifs is 3. The first-order valence-corrected chi connectivity index (χ1v) is 9.47. The zero-order valence-electron chi connectivity index (χ0n) is 16.6. The predicted octanol–water partition coefficient (Wildman–Crippen LogP) is 3.03. The number of carbonyl (C=O) groups is 3. The van der Waals surface area contributed by atoms with Crippen LogP contribution in [0.15, 0.2) is 24.3 Å². The van der Waals surface area contributed by atoms with E-state index in [2.05, 4.69) is 0 Å². The molecule has 0 saturated heterocycles. The van der Waals surface area contributed by atoms with E-state index in [4.69, 9.17) is 14.2 Å². The number of hydrogen-bond acceptors (Lipinski definition) is 9. The SMILES string of the molecule is CCC(=O)OC1Cc2c(c(O)c3c(OC(C)=O)c4ccccc4c(O)c3c2O)C(=O)O1. The van der Waals surface area contributed by atoms with Gasteiger partial charge in [-0.1, -0.05) is 31.2 Å². The fourth-order valence-corrected chi connectivity index (χ4v) is 3.73. The molecule has 3 N–H and O–H groups in total. The Morgan fingerprint density at radius 3 is 2.39 bits per heavy atom. The highest BCUT2D eigenvalue weighted by Crippen LogP contribution is 2.53. The Labute approximate surface area is 175 Å². The Bertz CT molecular complexity index is 1280. The van der Waals surface area contributed by atoms with Crippen LogP contribution in [0.5, 0.6) is 23.0 Å². The summed E-state index contributed by atoms with van der Waals surface area (Å²) in [6.45, 7) is 2.72. The summed E-state index contributed by atoms with van der Waals surface area (Å²) < 4.78 is 15.4. The summed E-state index contributed by atoms with van der Waals surface area (Å²) in [5.41, 5.74) is -0.425. The molecule has 9 heteroatoms. The third-order valence-corrected chi connectivity index (χ3v) is 5.05. The van der Waals surface area contributed by atoms with Gasteiger partial charge in [0.25, 0.3) is 6.29 Å². The van der Waals surface area contributed by atoms with Gasteiger partial charge in [0.15, 0.2) is 5.75 Å². The van der Waals surface area contributed by atoms with Gasteiger partial charge in [-0.3, -0.25) is 9.59 Å². The highest BCUT2D eigenvalue weighted by atomic mass is 16.7. The summed E-state index contributed by atoms with van der Waals surface area (Å²) in [5, 5.41) is 32.9. The van der Waals surface area contributed by atoms with Crippen molar-refractivity contribution in [1.82, 2.24) is 0 Å². The van der Waals surface area contributed by atoms with Crippen LogP contribution >= 0.6 is 0 Å². The number of ether oxygens (including phenoxy) is 3. The van der Waals surface area contributed by atoms with E-state index in [1.807, 2.05) is 0 Å². The summed E-state index contributed by atoms with van der Waals surface area (Å²) in [6, 6.07) is 6.38. The molecule has 0 radical (unpaired) electrons. The molecular formula is C22H18O9. The second-order valence-electron chi connectivity index (χ2n) is 7.00. The van der Waals surface area contributed by atoms with E-state index in [0.717, 1.165) is 6.92 Å². The molecule has 3 aromatic carbocycles. The molecule has 0 aromatic heterocycles. The van der Waals surface area contributed by atoms with Crippen LogP contribution in [-0.4, -0.2) is 39.5 Å². The predicted molar refractivity (Wildman–Crippen MR) is 107 cm³/mol. The first kappa shape index (κ1) is 20.3. The van der Waals surface area contributed by atoms with E-state index >= 15 is 0 Å². The van der Waals surface area contributed by atoms with Crippen molar-refractivity contribution in [3.63, 3.8) is 0 Å². The molecule has 160 valence electrons. The summed E-state index contributed by atoms with van der Waals surface area (Å²) in [4.78, 5) is 35.9. The number of benzene rings is 3. The molecule has 9 nitrogen and oxygen atoms in total. The average molecular weight is 426 g/mol. The highest BCUT2D eigenvalue weighted by molar-refractivity contribution is 6.18. The van der Waals surface area contributed by atoms with Gasteiger partial charge in [-0.05, 0) is 0 Å². The monoisotopic (exact) mass is 426 g/mol. The molecule has 4 rings (SSSR count). The molecule has 0 spiro atoms. The van der Waals surface area contributed by atoms with Gasteiger partial charge in [-0.2, -0.15) is 0 Å².